The molecule has 4 nitrogen and oxygen atoms in total. The molecular weight excluding hydrogens is 368 g/mol. The van der Waals surface area contributed by atoms with Crippen molar-refractivity contribution < 1.29 is 13.6 Å². The van der Waals surface area contributed by atoms with Gasteiger partial charge in [0.05, 0.1) is 6.04 Å². The van der Waals surface area contributed by atoms with Gasteiger partial charge in [0, 0.05) is 19.6 Å². The summed E-state index contributed by atoms with van der Waals surface area (Å²) >= 11 is 1.62. The van der Waals surface area contributed by atoms with Crippen molar-refractivity contribution in [1.29, 1.82) is 0 Å². The Kier molecular flexibility index (Phi) is 6.37. The number of halogens is 3. The molecule has 1 unspecified atom stereocenters. The van der Waals surface area contributed by atoms with Crippen molar-refractivity contribution in [3.8, 4) is 0 Å². The molecule has 1 N–H and O–H groups in total. The van der Waals surface area contributed by atoms with Gasteiger partial charge in [-0.25, -0.2) is 13.6 Å². The molecule has 0 aliphatic carbocycles. The first kappa shape index (κ1) is 19.6. The van der Waals surface area contributed by atoms with Gasteiger partial charge in [-0.15, -0.1) is 12.4 Å². The zero-order valence-corrected chi connectivity index (χ0v) is 15.6. The van der Waals surface area contributed by atoms with E-state index in [1.807, 2.05) is 30.4 Å². The number of carbonyl (C=O) groups is 1. The highest BCUT2D eigenvalue weighted by Gasteiger charge is 2.26. The minimum atomic E-state index is -0.874. The van der Waals surface area contributed by atoms with Gasteiger partial charge < -0.3 is 15.1 Å². The molecule has 1 aliphatic rings. The number of nitrogens with zero attached hydrogens (tertiary/aromatic N) is 2. The lowest BCUT2D eigenvalue weighted by Crippen LogP contribution is -2.40. The number of amides is 2. The van der Waals surface area contributed by atoms with Gasteiger partial charge in [0.15, 0.2) is 11.6 Å². The summed E-state index contributed by atoms with van der Waals surface area (Å²) in [7, 11) is 3.93. The lowest BCUT2D eigenvalue weighted by molar-refractivity contribution is 0.193. The smallest absolute Gasteiger partial charge is 0.318 e. The molecule has 0 saturated heterocycles. The van der Waals surface area contributed by atoms with E-state index in [-0.39, 0.29) is 24.5 Å². The van der Waals surface area contributed by atoms with Crippen LogP contribution >= 0.6 is 23.7 Å². The Morgan fingerprint density at radius 1 is 1.28 bits per heavy atom. The lowest BCUT2D eigenvalue weighted by Gasteiger charge is -2.25. The molecule has 1 aliphatic heterocycles. The minimum absolute atomic E-state index is 0. The van der Waals surface area contributed by atoms with Crippen molar-refractivity contribution in [2.75, 3.05) is 20.6 Å². The highest BCUT2D eigenvalue weighted by atomic mass is 35.5. The second-order valence-electron chi connectivity index (χ2n) is 6.11. The lowest BCUT2D eigenvalue weighted by atomic mass is 10.1. The molecule has 8 heteroatoms. The third kappa shape index (κ3) is 4.29. The van der Waals surface area contributed by atoms with Crippen LogP contribution in [-0.4, -0.2) is 36.5 Å². The summed E-state index contributed by atoms with van der Waals surface area (Å²) in [5.41, 5.74) is 2.47. The van der Waals surface area contributed by atoms with Crippen LogP contribution in [0.2, 0.25) is 0 Å². The summed E-state index contributed by atoms with van der Waals surface area (Å²) in [6.45, 7) is 1.06. The SMILES string of the molecule is CN(C)C(CNC(=O)N1Cc2cc(F)c(F)cc2C1)c1ccsc1.Cl. The zero-order valence-electron chi connectivity index (χ0n) is 14.0. The maximum atomic E-state index is 13.3. The maximum absolute atomic E-state index is 13.3. The van der Waals surface area contributed by atoms with Gasteiger partial charge in [-0.1, -0.05) is 0 Å². The van der Waals surface area contributed by atoms with E-state index in [0.717, 1.165) is 5.56 Å². The molecule has 0 radical (unpaired) electrons. The second-order valence-corrected chi connectivity index (χ2v) is 6.89. The molecule has 136 valence electrons. The average molecular weight is 388 g/mol. The van der Waals surface area contributed by atoms with Crippen molar-refractivity contribution in [1.82, 2.24) is 15.1 Å². The quantitative estimate of drug-likeness (QED) is 0.866. The largest absolute Gasteiger partial charge is 0.336 e. The fourth-order valence-corrected chi connectivity index (χ4v) is 3.60. The number of hydrogen-bond acceptors (Lipinski definition) is 3. The first-order chi connectivity index (χ1) is 11.5. The molecule has 3 rings (SSSR count). The summed E-state index contributed by atoms with van der Waals surface area (Å²) < 4.78 is 26.6. The van der Waals surface area contributed by atoms with Crippen molar-refractivity contribution >= 4 is 29.8 Å². The monoisotopic (exact) mass is 387 g/mol. The Labute approximate surface area is 155 Å². The number of carbonyl (C=O) groups excluding carboxylic acids is 1. The van der Waals surface area contributed by atoms with E-state index in [1.54, 1.807) is 16.2 Å². The number of benzene rings is 1. The van der Waals surface area contributed by atoms with Crippen LogP contribution in [-0.2, 0) is 13.1 Å². The molecule has 2 heterocycles. The summed E-state index contributed by atoms with van der Waals surface area (Å²) in [6, 6.07) is 4.24. The van der Waals surface area contributed by atoms with E-state index in [4.69, 9.17) is 0 Å². The Morgan fingerprint density at radius 2 is 1.88 bits per heavy atom. The Bertz CT molecular complexity index is 709. The fraction of sp³-hybridized carbons (Fsp3) is 0.353. The number of thiophene rings is 1. The molecular formula is C17H20ClF2N3OS. The molecule has 0 fully saturated rings. The maximum Gasteiger partial charge on any atom is 0.318 e. The third-order valence-corrected chi connectivity index (χ3v) is 4.95. The van der Waals surface area contributed by atoms with Crippen LogP contribution in [0.15, 0.2) is 29.0 Å². The number of rotatable bonds is 4. The van der Waals surface area contributed by atoms with E-state index >= 15 is 0 Å². The number of nitrogens with one attached hydrogen (secondary N) is 1. The second kappa shape index (κ2) is 8.12. The molecule has 1 atom stereocenters. The standard InChI is InChI=1S/C17H19F2N3OS.ClH/c1-21(2)16(11-3-4-24-10-11)7-20-17(23)22-8-12-5-14(18)15(19)6-13(12)9-22;/h3-6,10,16H,7-9H2,1-2H3,(H,20,23);1H. The normalized spacial score (nSPS) is 14.2. The molecule has 1 aromatic carbocycles. The number of likely N-dealkylation sites (N-methyl/N-ethyl adjacent to an activating group) is 1. The molecule has 2 aromatic rings. The van der Waals surface area contributed by atoms with Gasteiger partial charge >= 0.3 is 6.03 Å². The van der Waals surface area contributed by atoms with Gasteiger partial charge in [0.2, 0.25) is 0 Å². The van der Waals surface area contributed by atoms with E-state index in [1.165, 1.54) is 12.1 Å². The molecule has 0 saturated carbocycles. The van der Waals surface area contributed by atoms with Crippen molar-refractivity contribution in [2.45, 2.75) is 19.1 Å². The predicted molar refractivity (Wildman–Crippen MR) is 97.0 cm³/mol. The number of fused-ring (bicyclic) bond motifs is 1. The summed E-state index contributed by atoms with van der Waals surface area (Å²) in [5.74, 6) is -1.75. The highest BCUT2D eigenvalue weighted by Crippen LogP contribution is 2.25. The molecule has 0 spiro atoms. The zero-order chi connectivity index (χ0) is 17.3. The van der Waals surface area contributed by atoms with Crippen LogP contribution in [0.25, 0.3) is 0 Å². The fourth-order valence-electron chi connectivity index (χ4n) is 2.89. The van der Waals surface area contributed by atoms with Crippen LogP contribution in [0.3, 0.4) is 0 Å². The minimum Gasteiger partial charge on any atom is -0.336 e. The van der Waals surface area contributed by atoms with E-state index < -0.39 is 11.6 Å². The van der Waals surface area contributed by atoms with Crippen molar-refractivity contribution in [3.63, 3.8) is 0 Å². The third-order valence-electron chi connectivity index (χ3n) is 4.25. The van der Waals surface area contributed by atoms with Crippen LogP contribution in [0.5, 0.6) is 0 Å². The van der Waals surface area contributed by atoms with Gasteiger partial charge in [0.25, 0.3) is 0 Å². The summed E-state index contributed by atoms with van der Waals surface area (Å²) in [5, 5.41) is 6.99. The first-order valence-electron chi connectivity index (χ1n) is 7.64. The predicted octanol–water partition coefficient (Wildman–Crippen LogP) is 3.78. The highest BCUT2D eigenvalue weighted by molar-refractivity contribution is 7.07. The Hall–Kier alpha value is -1.70. The van der Waals surface area contributed by atoms with Gasteiger partial charge in [0.1, 0.15) is 0 Å². The van der Waals surface area contributed by atoms with Crippen molar-refractivity contribution in [2.24, 2.45) is 0 Å². The van der Waals surface area contributed by atoms with E-state index in [0.29, 0.717) is 30.8 Å². The number of urea groups is 1. The van der Waals surface area contributed by atoms with Gasteiger partial charge in [-0.05, 0) is 59.7 Å². The molecule has 25 heavy (non-hydrogen) atoms. The average Bonchev–Trinajstić information content (AvgIpc) is 3.17. The first-order valence-corrected chi connectivity index (χ1v) is 8.58. The molecule has 2 amide bonds. The Morgan fingerprint density at radius 3 is 2.36 bits per heavy atom. The van der Waals surface area contributed by atoms with Gasteiger partial charge in [-0.3, -0.25) is 0 Å². The van der Waals surface area contributed by atoms with Gasteiger partial charge in [-0.2, -0.15) is 11.3 Å². The van der Waals surface area contributed by atoms with Crippen LogP contribution in [0, 0.1) is 11.6 Å². The van der Waals surface area contributed by atoms with Crippen molar-refractivity contribution in [3.05, 3.63) is 57.3 Å². The van der Waals surface area contributed by atoms with Crippen LogP contribution in [0.1, 0.15) is 22.7 Å². The van der Waals surface area contributed by atoms with E-state index in [9.17, 15) is 13.6 Å². The van der Waals surface area contributed by atoms with Crippen LogP contribution in [0.4, 0.5) is 13.6 Å². The number of hydrogen-bond donors (Lipinski definition) is 1. The Balaban J connectivity index is 0.00000225. The van der Waals surface area contributed by atoms with E-state index in [2.05, 4.69) is 10.7 Å². The summed E-state index contributed by atoms with van der Waals surface area (Å²) in [4.78, 5) is 16.0. The topological polar surface area (TPSA) is 35.6 Å². The molecule has 0 bridgehead atoms. The molecule has 1 aromatic heterocycles. The summed E-state index contributed by atoms with van der Waals surface area (Å²) in [6.07, 6.45) is 0. The van der Waals surface area contributed by atoms with Crippen LogP contribution < -0.4 is 5.32 Å².